The zero-order chi connectivity index (χ0) is 23.7. The number of anilines is 1. The number of benzene rings is 2. The Bertz CT molecular complexity index is 1430. The van der Waals surface area contributed by atoms with E-state index in [9.17, 15) is 9.59 Å². The molecule has 0 bridgehead atoms. The molecular weight excluding hydrogens is 486 g/mol. The van der Waals surface area contributed by atoms with Gasteiger partial charge in [-0.05, 0) is 73.6 Å². The Morgan fingerprint density at radius 1 is 1.15 bits per heavy atom. The van der Waals surface area contributed by atoms with Gasteiger partial charge < -0.3 is 5.32 Å². The van der Waals surface area contributed by atoms with Crippen LogP contribution in [0.25, 0.3) is 15.9 Å². The fraction of sp³-hybridized carbons (Fsp3) is 0.269. The van der Waals surface area contributed by atoms with E-state index < -0.39 is 0 Å². The number of hydrogen-bond acceptors (Lipinski definition) is 5. The third-order valence-corrected chi connectivity index (χ3v) is 8.42. The number of carbonyl (C=O) groups excluding carboxylic acids is 1. The lowest BCUT2D eigenvalue weighted by Crippen LogP contribution is -2.23. The molecule has 34 heavy (non-hydrogen) atoms. The minimum Gasteiger partial charge on any atom is -0.325 e. The Labute approximate surface area is 211 Å². The average molecular weight is 510 g/mol. The van der Waals surface area contributed by atoms with Crippen LogP contribution in [-0.2, 0) is 24.1 Å². The summed E-state index contributed by atoms with van der Waals surface area (Å²) in [4.78, 5) is 33.5. The van der Waals surface area contributed by atoms with E-state index in [0.717, 1.165) is 59.1 Å². The number of thioether (sulfide) groups is 1. The van der Waals surface area contributed by atoms with Crippen molar-refractivity contribution in [3.63, 3.8) is 0 Å². The highest BCUT2D eigenvalue weighted by Gasteiger charge is 2.23. The maximum Gasteiger partial charge on any atom is 0.267 e. The van der Waals surface area contributed by atoms with Crippen LogP contribution in [0.5, 0.6) is 0 Å². The number of carbonyl (C=O) groups is 1. The van der Waals surface area contributed by atoms with E-state index >= 15 is 0 Å². The maximum atomic E-state index is 13.8. The number of halogens is 1. The van der Waals surface area contributed by atoms with Crippen molar-refractivity contribution in [3.05, 3.63) is 79.9 Å². The largest absolute Gasteiger partial charge is 0.325 e. The summed E-state index contributed by atoms with van der Waals surface area (Å²) in [6.45, 7) is 2.06. The van der Waals surface area contributed by atoms with Crippen LogP contribution in [-0.4, -0.2) is 21.2 Å². The second-order valence-corrected chi connectivity index (χ2v) is 10.7. The van der Waals surface area contributed by atoms with Gasteiger partial charge in [-0.2, -0.15) is 0 Å². The van der Waals surface area contributed by atoms with E-state index in [1.807, 2.05) is 36.4 Å². The number of thiophene rings is 1. The number of nitrogens with zero attached hydrogens (tertiary/aromatic N) is 2. The predicted molar refractivity (Wildman–Crippen MR) is 142 cm³/mol. The number of hydrogen-bond donors (Lipinski definition) is 1. The van der Waals surface area contributed by atoms with Gasteiger partial charge in [-0.15, -0.1) is 11.3 Å². The van der Waals surface area contributed by atoms with Crippen LogP contribution < -0.4 is 10.9 Å². The first-order valence-electron chi connectivity index (χ1n) is 11.4. The van der Waals surface area contributed by atoms with Crippen molar-refractivity contribution in [2.45, 2.75) is 44.2 Å². The van der Waals surface area contributed by atoms with Crippen LogP contribution in [0, 0.1) is 0 Å². The van der Waals surface area contributed by atoms with Crippen molar-refractivity contribution in [1.29, 1.82) is 0 Å². The van der Waals surface area contributed by atoms with Gasteiger partial charge in [-0.1, -0.05) is 48.5 Å². The monoisotopic (exact) mass is 509 g/mol. The fourth-order valence-electron chi connectivity index (χ4n) is 4.37. The van der Waals surface area contributed by atoms with E-state index in [0.29, 0.717) is 15.9 Å². The highest BCUT2D eigenvalue weighted by molar-refractivity contribution is 7.99. The smallest absolute Gasteiger partial charge is 0.267 e. The summed E-state index contributed by atoms with van der Waals surface area (Å²) in [5.41, 5.74) is 3.67. The molecule has 1 N–H and O–H groups in total. The first-order chi connectivity index (χ1) is 16.5. The third kappa shape index (κ3) is 4.52. The molecule has 0 saturated carbocycles. The molecule has 0 unspecified atom stereocenters. The Balaban J connectivity index is 1.51. The van der Waals surface area contributed by atoms with Crippen molar-refractivity contribution in [1.82, 2.24) is 9.55 Å². The number of nitrogens with one attached hydrogen (secondary N) is 1. The number of fused-ring (bicyclic) bond motifs is 3. The minimum absolute atomic E-state index is 0.0778. The first kappa shape index (κ1) is 23.1. The van der Waals surface area contributed by atoms with Gasteiger partial charge in [-0.3, -0.25) is 14.2 Å². The average Bonchev–Trinajstić information content (AvgIpc) is 3.22. The molecule has 4 aromatic rings. The van der Waals surface area contributed by atoms with Gasteiger partial charge in [0.15, 0.2) is 5.16 Å². The first-order valence-corrected chi connectivity index (χ1v) is 13.6. The van der Waals surface area contributed by atoms with Crippen LogP contribution in [0.15, 0.2) is 58.5 Å². The molecule has 1 aliphatic carbocycles. The van der Waals surface area contributed by atoms with Crippen molar-refractivity contribution in [2.24, 2.45) is 0 Å². The maximum absolute atomic E-state index is 13.8. The highest BCUT2D eigenvalue weighted by atomic mass is 35.5. The van der Waals surface area contributed by atoms with Gasteiger partial charge in [0.1, 0.15) is 4.83 Å². The molecule has 2 aromatic carbocycles. The predicted octanol–water partition coefficient (Wildman–Crippen LogP) is 6.27. The molecule has 0 radical (unpaired) electrons. The molecule has 1 aliphatic rings. The highest BCUT2D eigenvalue weighted by Crippen LogP contribution is 2.35. The lowest BCUT2D eigenvalue weighted by atomic mass is 9.97. The van der Waals surface area contributed by atoms with E-state index in [2.05, 4.69) is 12.2 Å². The van der Waals surface area contributed by atoms with Crippen LogP contribution >= 0.6 is 34.7 Å². The SMILES string of the molecule is CCc1ccccc1NC(=O)CSc1nc2sc3c(c2c(=O)n1-c1ccc(Cl)cc1)CCCC3. The number of aromatic nitrogens is 2. The Kier molecular flexibility index (Phi) is 6.77. The summed E-state index contributed by atoms with van der Waals surface area (Å²) in [5.74, 6) is 0.0164. The Morgan fingerprint density at radius 2 is 1.91 bits per heavy atom. The molecule has 174 valence electrons. The van der Waals surface area contributed by atoms with Crippen molar-refractivity contribution >= 4 is 56.5 Å². The third-order valence-electron chi connectivity index (χ3n) is 6.05. The molecule has 0 atom stereocenters. The van der Waals surface area contributed by atoms with Crippen molar-refractivity contribution in [2.75, 3.05) is 11.1 Å². The van der Waals surface area contributed by atoms with E-state index in [1.165, 1.54) is 16.6 Å². The molecule has 2 aromatic heterocycles. The summed E-state index contributed by atoms with van der Waals surface area (Å²) in [6, 6.07) is 15.0. The molecule has 0 aliphatic heterocycles. The summed E-state index contributed by atoms with van der Waals surface area (Å²) >= 11 is 8.99. The minimum atomic E-state index is -0.131. The lowest BCUT2D eigenvalue weighted by molar-refractivity contribution is -0.113. The summed E-state index contributed by atoms with van der Waals surface area (Å²) < 4.78 is 1.62. The second-order valence-electron chi connectivity index (χ2n) is 8.25. The molecule has 0 saturated heterocycles. The van der Waals surface area contributed by atoms with Crippen LogP contribution in [0.3, 0.4) is 0 Å². The standard InChI is InChI=1S/C26H24ClN3O2S2/c1-2-16-7-3-5-9-20(16)28-22(31)15-33-26-29-24-23(19-8-4-6-10-21(19)34-24)25(32)30(26)18-13-11-17(27)12-14-18/h3,5,7,9,11-14H,2,4,6,8,10,15H2,1H3,(H,28,31). The van der Waals surface area contributed by atoms with Gasteiger partial charge in [0.05, 0.1) is 16.8 Å². The zero-order valence-electron chi connectivity index (χ0n) is 18.8. The molecule has 5 rings (SSSR count). The van der Waals surface area contributed by atoms with E-state index in [4.69, 9.17) is 16.6 Å². The zero-order valence-corrected chi connectivity index (χ0v) is 21.2. The van der Waals surface area contributed by atoms with Gasteiger partial charge >= 0.3 is 0 Å². The number of aryl methyl sites for hydroxylation is 3. The molecule has 1 amide bonds. The van der Waals surface area contributed by atoms with E-state index in [-0.39, 0.29) is 17.2 Å². The molecule has 8 heteroatoms. The molecule has 5 nitrogen and oxygen atoms in total. The van der Waals surface area contributed by atoms with Crippen LogP contribution in [0.1, 0.15) is 35.8 Å². The van der Waals surface area contributed by atoms with Crippen LogP contribution in [0.4, 0.5) is 5.69 Å². The normalized spacial score (nSPS) is 13.1. The molecule has 0 spiro atoms. The quantitative estimate of drug-likeness (QED) is 0.245. The Hall–Kier alpha value is -2.61. The summed E-state index contributed by atoms with van der Waals surface area (Å²) in [5, 5.41) is 4.83. The summed E-state index contributed by atoms with van der Waals surface area (Å²) in [6.07, 6.45) is 4.99. The Morgan fingerprint density at radius 3 is 2.71 bits per heavy atom. The van der Waals surface area contributed by atoms with Gasteiger partial charge in [0.2, 0.25) is 5.91 Å². The number of amides is 1. The van der Waals surface area contributed by atoms with Gasteiger partial charge in [-0.25, -0.2) is 4.98 Å². The lowest BCUT2D eigenvalue weighted by Gasteiger charge is -2.14. The fourth-order valence-corrected chi connectivity index (χ4v) is 6.61. The van der Waals surface area contributed by atoms with Gasteiger partial charge in [0.25, 0.3) is 5.56 Å². The molecule has 2 heterocycles. The van der Waals surface area contributed by atoms with Crippen molar-refractivity contribution in [3.8, 4) is 5.69 Å². The van der Waals surface area contributed by atoms with Crippen LogP contribution in [0.2, 0.25) is 5.02 Å². The number of rotatable bonds is 6. The van der Waals surface area contributed by atoms with E-state index in [1.54, 1.807) is 28.0 Å². The van der Waals surface area contributed by atoms with Gasteiger partial charge in [0, 0.05) is 15.6 Å². The topological polar surface area (TPSA) is 64.0 Å². The summed E-state index contributed by atoms with van der Waals surface area (Å²) in [7, 11) is 0. The second kappa shape index (κ2) is 9.94. The molecular formula is C26H24ClN3O2S2. The number of para-hydroxylation sites is 1. The molecule has 0 fully saturated rings. The van der Waals surface area contributed by atoms with Crippen molar-refractivity contribution < 1.29 is 4.79 Å².